The first-order chi connectivity index (χ1) is 5.79. The summed E-state index contributed by atoms with van der Waals surface area (Å²) in [5.74, 6) is 2.67. The molecule has 1 aromatic rings. The molecule has 0 heteroatoms. The Bertz CT molecular complexity index is 248. The van der Waals surface area contributed by atoms with E-state index in [2.05, 4.69) is 44.2 Å². The van der Waals surface area contributed by atoms with E-state index in [-0.39, 0.29) is 0 Å². The largest absolute Gasteiger partial charge is 0.0625 e. The molecule has 12 heavy (non-hydrogen) atoms. The van der Waals surface area contributed by atoms with Crippen LogP contribution < -0.4 is 0 Å². The van der Waals surface area contributed by atoms with Crippen molar-refractivity contribution in [2.45, 2.75) is 26.2 Å². The molecule has 0 nitrogen and oxygen atoms in total. The van der Waals surface area contributed by atoms with Gasteiger partial charge in [0, 0.05) is 0 Å². The highest BCUT2D eigenvalue weighted by atomic mass is 14.4. The van der Waals surface area contributed by atoms with E-state index >= 15 is 0 Å². The van der Waals surface area contributed by atoms with Gasteiger partial charge in [-0.2, -0.15) is 0 Å². The van der Waals surface area contributed by atoms with Crippen molar-refractivity contribution in [1.29, 1.82) is 0 Å². The third-order valence-electron chi connectivity index (χ3n) is 2.92. The predicted octanol–water partition coefficient (Wildman–Crippen LogP) is 3.45. The second kappa shape index (κ2) is 2.93. The molecule has 1 saturated carbocycles. The Morgan fingerprint density at radius 1 is 1.17 bits per heavy atom. The molecule has 2 rings (SSSR count). The van der Waals surface area contributed by atoms with Crippen molar-refractivity contribution >= 4 is 0 Å². The molecule has 0 aliphatic heterocycles. The smallest absolute Gasteiger partial charge is 0.0128 e. The molecular formula is C12H16. The first kappa shape index (κ1) is 7.85. The standard InChI is InChI=1S/C12H16/c1-9(2)11-8-12(11)10-6-4-3-5-7-10/h3-7,9,11-12H,8H2,1-2H3/t11-,12?/m1/s1. The average Bonchev–Trinajstić information content (AvgIpc) is 2.84. The van der Waals surface area contributed by atoms with Crippen molar-refractivity contribution in [2.24, 2.45) is 11.8 Å². The highest BCUT2D eigenvalue weighted by Crippen LogP contribution is 2.51. The van der Waals surface area contributed by atoms with Gasteiger partial charge in [0.05, 0.1) is 0 Å². The Hall–Kier alpha value is -0.780. The fraction of sp³-hybridized carbons (Fsp3) is 0.500. The summed E-state index contributed by atoms with van der Waals surface area (Å²) in [6.45, 7) is 4.65. The fourth-order valence-corrected chi connectivity index (χ4v) is 2.03. The van der Waals surface area contributed by atoms with Gasteiger partial charge < -0.3 is 0 Å². The van der Waals surface area contributed by atoms with Crippen LogP contribution in [-0.4, -0.2) is 0 Å². The molecule has 0 saturated heterocycles. The third kappa shape index (κ3) is 1.38. The summed E-state index contributed by atoms with van der Waals surface area (Å²) in [7, 11) is 0. The minimum absolute atomic E-state index is 0.857. The van der Waals surface area contributed by atoms with Crippen molar-refractivity contribution in [3.63, 3.8) is 0 Å². The first-order valence-corrected chi connectivity index (χ1v) is 4.84. The Labute approximate surface area is 74.6 Å². The summed E-state index contributed by atoms with van der Waals surface area (Å²) in [5.41, 5.74) is 1.54. The van der Waals surface area contributed by atoms with Gasteiger partial charge in [-0.05, 0) is 29.7 Å². The quantitative estimate of drug-likeness (QED) is 0.621. The lowest BCUT2D eigenvalue weighted by molar-refractivity contribution is 0.549. The second-order valence-electron chi connectivity index (χ2n) is 4.16. The van der Waals surface area contributed by atoms with Crippen molar-refractivity contribution in [1.82, 2.24) is 0 Å². The molecule has 0 heterocycles. The van der Waals surface area contributed by atoms with E-state index in [4.69, 9.17) is 0 Å². The normalized spacial score (nSPS) is 27.6. The Kier molecular flexibility index (Phi) is 1.92. The van der Waals surface area contributed by atoms with Crippen LogP contribution in [0, 0.1) is 11.8 Å². The SMILES string of the molecule is CC(C)[C@H]1CC1c1ccccc1. The van der Waals surface area contributed by atoms with Crippen LogP contribution in [0.3, 0.4) is 0 Å². The summed E-state index contributed by atoms with van der Waals surface area (Å²) in [6, 6.07) is 10.9. The highest BCUT2D eigenvalue weighted by molar-refractivity contribution is 5.25. The fourth-order valence-electron chi connectivity index (χ4n) is 2.03. The minimum atomic E-state index is 0.857. The zero-order valence-corrected chi connectivity index (χ0v) is 7.83. The monoisotopic (exact) mass is 160 g/mol. The second-order valence-corrected chi connectivity index (χ2v) is 4.16. The van der Waals surface area contributed by atoms with Gasteiger partial charge in [0.2, 0.25) is 0 Å². The summed E-state index contributed by atoms with van der Waals surface area (Å²) < 4.78 is 0. The zero-order valence-electron chi connectivity index (χ0n) is 7.83. The van der Waals surface area contributed by atoms with E-state index in [1.807, 2.05) is 0 Å². The minimum Gasteiger partial charge on any atom is -0.0625 e. The molecule has 0 aromatic heterocycles. The van der Waals surface area contributed by atoms with Crippen LogP contribution in [0.1, 0.15) is 31.7 Å². The lowest BCUT2D eigenvalue weighted by Crippen LogP contribution is -1.91. The lowest BCUT2D eigenvalue weighted by atomic mass is 10.0. The van der Waals surface area contributed by atoms with E-state index in [0.29, 0.717) is 0 Å². The predicted molar refractivity (Wildman–Crippen MR) is 52.1 cm³/mol. The number of rotatable bonds is 2. The van der Waals surface area contributed by atoms with Gasteiger partial charge >= 0.3 is 0 Å². The topological polar surface area (TPSA) is 0 Å². The van der Waals surface area contributed by atoms with Crippen LogP contribution in [0.5, 0.6) is 0 Å². The van der Waals surface area contributed by atoms with Crippen molar-refractivity contribution in [3.05, 3.63) is 35.9 Å². The molecule has 1 unspecified atom stereocenters. The maximum Gasteiger partial charge on any atom is -0.0128 e. The Morgan fingerprint density at radius 2 is 1.83 bits per heavy atom. The number of benzene rings is 1. The molecule has 0 amide bonds. The van der Waals surface area contributed by atoms with Crippen molar-refractivity contribution in [2.75, 3.05) is 0 Å². The van der Waals surface area contributed by atoms with Gasteiger partial charge in [-0.1, -0.05) is 44.2 Å². The average molecular weight is 160 g/mol. The molecule has 0 bridgehead atoms. The van der Waals surface area contributed by atoms with Crippen molar-refractivity contribution < 1.29 is 0 Å². The molecule has 1 aromatic carbocycles. The molecule has 0 N–H and O–H groups in total. The van der Waals surface area contributed by atoms with E-state index in [1.54, 1.807) is 0 Å². The molecule has 1 fully saturated rings. The van der Waals surface area contributed by atoms with Crippen LogP contribution in [0.2, 0.25) is 0 Å². The van der Waals surface area contributed by atoms with E-state index in [1.165, 1.54) is 12.0 Å². The summed E-state index contributed by atoms with van der Waals surface area (Å²) in [5, 5.41) is 0. The van der Waals surface area contributed by atoms with Gasteiger partial charge in [-0.25, -0.2) is 0 Å². The van der Waals surface area contributed by atoms with Crippen LogP contribution >= 0.6 is 0 Å². The van der Waals surface area contributed by atoms with Gasteiger partial charge in [0.25, 0.3) is 0 Å². The van der Waals surface area contributed by atoms with Crippen molar-refractivity contribution in [3.8, 4) is 0 Å². The summed E-state index contributed by atoms with van der Waals surface area (Å²) in [6.07, 6.45) is 1.40. The lowest BCUT2D eigenvalue weighted by Gasteiger charge is -2.02. The van der Waals surface area contributed by atoms with Gasteiger partial charge in [0.15, 0.2) is 0 Å². The summed E-state index contributed by atoms with van der Waals surface area (Å²) in [4.78, 5) is 0. The Balaban J connectivity index is 2.06. The molecule has 1 aliphatic rings. The van der Waals surface area contributed by atoms with E-state index in [9.17, 15) is 0 Å². The van der Waals surface area contributed by atoms with Gasteiger partial charge in [-0.15, -0.1) is 0 Å². The van der Waals surface area contributed by atoms with E-state index in [0.717, 1.165) is 17.8 Å². The van der Waals surface area contributed by atoms with E-state index < -0.39 is 0 Å². The molecule has 0 radical (unpaired) electrons. The Morgan fingerprint density at radius 3 is 2.33 bits per heavy atom. The van der Waals surface area contributed by atoms with Crippen LogP contribution in [0.15, 0.2) is 30.3 Å². The van der Waals surface area contributed by atoms with Crippen LogP contribution in [0.25, 0.3) is 0 Å². The summed E-state index contributed by atoms with van der Waals surface area (Å²) >= 11 is 0. The van der Waals surface area contributed by atoms with Gasteiger partial charge in [0.1, 0.15) is 0 Å². The molecule has 2 atom stereocenters. The first-order valence-electron chi connectivity index (χ1n) is 4.84. The van der Waals surface area contributed by atoms with Gasteiger partial charge in [-0.3, -0.25) is 0 Å². The zero-order chi connectivity index (χ0) is 8.55. The highest BCUT2D eigenvalue weighted by Gasteiger charge is 2.39. The van der Waals surface area contributed by atoms with Crippen LogP contribution in [0.4, 0.5) is 0 Å². The van der Waals surface area contributed by atoms with Crippen LogP contribution in [-0.2, 0) is 0 Å². The molecule has 1 aliphatic carbocycles. The number of hydrogen-bond donors (Lipinski definition) is 0. The molecule has 64 valence electrons. The maximum absolute atomic E-state index is 2.33. The molecular weight excluding hydrogens is 144 g/mol. The third-order valence-corrected chi connectivity index (χ3v) is 2.92. The maximum atomic E-state index is 2.33. The number of hydrogen-bond acceptors (Lipinski definition) is 0. The molecule has 0 spiro atoms.